The van der Waals surface area contributed by atoms with E-state index in [0.29, 0.717) is 12.3 Å². The Morgan fingerprint density at radius 2 is 1.71 bits per heavy atom. The first-order chi connectivity index (χ1) is 15.1. The molecule has 3 aromatic carbocycles. The zero-order valence-electron chi connectivity index (χ0n) is 17.9. The number of rotatable bonds is 4. The predicted molar refractivity (Wildman–Crippen MR) is 124 cm³/mol. The van der Waals surface area contributed by atoms with Crippen LogP contribution in [0.25, 0.3) is 21.7 Å². The molecule has 0 bridgehead atoms. The first kappa shape index (κ1) is 19.6. The van der Waals surface area contributed by atoms with E-state index in [-0.39, 0.29) is 5.91 Å². The summed E-state index contributed by atoms with van der Waals surface area (Å²) in [6.45, 7) is 5.67. The normalized spacial score (nSPS) is 14.3. The van der Waals surface area contributed by atoms with E-state index in [1.165, 1.54) is 0 Å². The van der Waals surface area contributed by atoms with Gasteiger partial charge in [0.2, 0.25) is 0 Å². The number of hydrogen-bond acceptors (Lipinski definition) is 4. The number of hydrogen-bond donors (Lipinski definition) is 0. The highest BCUT2D eigenvalue weighted by molar-refractivity contribution is 6.08. The number of carbonyl (C=O) groups is 1. The highest BCUT2D eigenvalue weighted by Gasteiger charge is 2.23. The number of fused-ring (bicyclic) bond motifs is 3. The zero-order valence-corrected chi connectivity index (χ0v) is 17.9. The number of carbonyl (C=O) groups excluding carboxylic acids is 1. The van der Waals surface area contributed by atoms with E-state index in [9.17, 15) is 4.79 Å². The summed E-state index contributed by atoms with van der Waals surface area (Å²) in [6.07, 6.45) is 0. The molecule has 5 nitrogen and oxygen atoms in total. The van der Waals surface area contributed by atoms with Gasteiger partial charge in [-0.3, -0.25) is 4.79 Å². The summed E-state index contributed by atoms with van der Waals surface area (Å²) >= 11 is 0. The molecule has 0 radical (unpaired) electrons. The largest absolute Gasteiger partial charge is 0.450 e. The van der Waals surface area contributed by atoms with Crippen LogP contribution in [0, 0.1) is 6.92 Å². The van der Waals surface area contributed by atoms with Crippen molar-refractivity contribution >= 4 is 33.3 Å². The second-order valence-corrected chi connectivity index (χ2v) is 8.11. The number of furan rings is 1. The van der Waals surface area contributed by atoms with Crippen molar-refractivity contribution < 1.29 is 13.9 Å². The van der Waals surface area contributed by atoms with Crippen molar-refractivity contribution in [2.45, 2.75) is 13.5 Å². The second kappa shape index (κ2) is 8.08. The zero-order chi connectivity index (χ0) is 21.4. The molecule has 0 saturated carbocycles. The Morgan fingerprint density at radius 3 is 2.55 bits per heavy atom. The maximum Gasteiger partial charge on any atom is 0.289 e. The topological polar surface area (TPSA) is 45.9 Å². The molecule has 0 N–H and O–H groups in total. The molecular weight excluding hydrogens is 388 g/mol. The minimum absolute atomic E-state index is 0.102. The third-order valence-electron chi connectivity index (χ3n) is 6.12. The SMILES string of the molecule is Cc1c(C(=O)N(C)Cc2ccccc2N2CCOCC2)oc2c1ccc1ccccc12. The van der Waals surface area contributed by atoms with E-state index < -0.39 is 0 Å². The van der Waals surface area contributed by atoms with Crippen LogP contribution in [0.2, 0.25) is 0 Å². The van der Waals surface area contributed by atoms with Gasteiger partial charge in [0.25, 0.3) is 5.91 Å². The van der Waals surface area contributed by atoms with Crippen LogP contribution >= 0.6 is 0 Å². The third-order valence-corrected chi connectivity index (χ3v) is 6.12. The molecule has 2 heterocycles. The summed E-state index contributed by atoms with van der Waals surface area (Å²) in [7, 11) is 1.84. The molecule has 31 heavy (non-hydrogen) atoms. The van der Waals surface area contributed by atoms with E-state index in [4.69, 9.17) is 9.15 Å². The number of amides is 1. The molecule has 1 saturated heterocycles. The van der Waals surface area contributed by atoms with Crippen molar-refractivity contribution in [3.05, 3.63) is 77.6 Å². The van der Waals surface area contributed by atoms with Crippen LogP contribution in [0.1, 0.15) is 21.7 Å². The molecule has 5 rings (SSSR count). The fourth-order valence-corrected chi connectivity index (χ4v) is 4.41. The Kier molecular flexibility index (Phi) is 5.12. The lowest BCUT2D eigenvalue weighted by molar-refractivity contribution is 0.0754. The van der Waals surface area contributed by atoms with Crippen molar-refractivity contribution in [1.82, 2.24) is 4.90 Å². The number of benzene rings is 3. The molecule has 0 spiro atoms. The molecule has 1 fully saturated rings. The maximum atomic E-state index is 13.4. The average Bonchev–Trinajstić information content (AvgIpc) is 3.16. The highest BCUT2D eigenvalue weighted by Crippen LogP contribution is 2.32. The molecule has 1 aliphatic heterocycles. The predicted octanol–water partition coefficient (Wildman–Crippen LogP) is 5.00. The molecule has 1 aliphatic rings. The molecule has 0 unspecified atom stereocenters. The summed E-state index contributed by atoms with van der Waals surface area (Å²) in [5, 5.41) is 3.13. The quantitative estimate of drug-likeness (QED) is 0.471. The first-order valence-electron chi connectivity index (χ1n) is 10.7. The number of anilines is 1. The summed E-state index contributed by atoms with van der Waals surface area (Å²) < 4.78 is 11.7. The Morgan fingerprint density at radius 1 is 0.968 bits per heavy atom. The van der Waals surface area contributed by atoms with Crippen LogP contribution in [0.15, 0.2) is 65.1 Å². The highest BCUT2D eigenvalue weighted by atomic mass is 16.5. The van der Waals surface area contributed by atoms with Crippen LogP contribution in [0.3, 0.4) is 0 Å². The Hall–Kier alpha value is -3.31. The Labute approximate surface area is 181 Å². The van der Waals surface area contributed by atoms with Gasteiger partial charge in [-0.15, -0.1) is 0 Å². The van der Waals surface area contributed by atoms with Crippen LogP contribution in [0.5, 0.6) is 0 Å². The van der Waals surface area contributed by atoms with Crippen molar-refractivity contribution in [1.29, 1.82) is 0 Å². The van der Waals surface area contributed by atoms with E-state index in [1.807, 2.05) is 50.4 Å². The number of morpholine rings is 1. The number of aryl methyl sites for hydroxylation is 1. The maximum absolute atomic E-state index is 13.4. The summed E-state index contributed by atoms with van der Waals surface area (Å²) in [4.78, 5) is 17.4. The van der Waals surface area contributed by atoms with Gasteiger partial charge in [-0.25, -0.2) is 0 Å². The Balaban J connectivity index is 1.45. The molecule has 158 valence electrons. The molecule has 5 heteroatoms. The molecular formula is C26H26N2O3. The average molecular weight is 415 g/mol. The molecule has 0 atom stereocenters. The van der Waals surface area contributed by atoms with Crippen molar-refractivity contribution in [2.75, 3.05) is 38.3 Å². The smallest absolute Gasteiger partial charge is 0.289 e. The van der Waals surface area contributed by atoms with Crippen LogP contribution in [-0.2, 0) is 11.3 Å². The van der Waals surface area contributed by atoms with Gasteiger partial charge in [-0.1, -0.05) is 54.6 Å². The second-order valence-electron chi connectivity index (χ2n) is 8.11. The summed E-state index contributed by atoms with van der Waals surface area (Å²) in [5.74, 6) is 0.312. The van der Waals surface area contributed by atoms with Crippen LogP contribution in [0.4, 0.5) is 5.69 Å². The number of ether oxygens (including phenoxy) is 1. The van der Waals surface area contributed by atoms with Crippen molar-refractivity contribution in [2.24, 2.45) is 0 Å². The fourth-order valence-electron chi connectivity index (χ4n) is 4.41. The van der Waals surface area contributed by atoms with Crippen LogP contribution in [-0.4, -0.2) is 44.2 Å². The van der Waals surface area contributed by atoms with E-state index in [1.54, 1.807) is 4.90 Å². The molecule has 4 aromatic rings. The van der Waals surface area contributed by atoms with E-state index in [2.05, 4.69) is 29.2 Å². The van der Waals surface area contributed by atoms with Gasteiger partial charge in [0.05, 0.1) is 13.2 Å². The minimum atomic E-state index is -0.102. The van der Waals surface area contributed by atoms with E-state index >= 15 is 0 Å². The van der Waals surface area contributed by atoms with Gasteiger partial charge in [0.15, 0.2) is 5.76 Å². The number of para-hydroxylation sites is 1. The summed E-state index contributed by atoms with van der Waals surface area (Å²) in [5.41, 5.74) is 3.96. The van der Waals surface area contributed by atoms with E-state index in [0.717, 1.165) is 64.9 Å². The lowest BCUT2D eigenvalue weighted by Crippen LogP contribution is -2.37. The number of nitrogens with zero attached hydrogens (tertiary/aromatic N) is 2. The van der Waals surface area contributed by atoms with Gasteiger partial charge in [0, 0.05) is 48.7 Å². The first-order valence-corrected chi connectivity index (χ1v) is 10.7. The summed E-state index contributed by atoms with van der Waals surface area (Å²) in [6, 6.07) is 20.5. The minimum Gasteiger partial charge on any atom is -0.450 e. The fraction of sp³-hybridized carbons (Fsp3) is 0.269. The van der Waals surface area contributed by atoms with Gasteiger partial charge in [-0.05, 0) is 23.9 Å². The van der Waals surface area contributed by atoms with Crippen molar-refractivity contribution in [3.63, 3.8) is 0 Å². The van der Waals surface area contributed by atoms with Gasteiger partial charge < -0.3 is 19.0 Å². The standard InChI is InChI=1S/C26H26N2O3/c1-18-21-12-11-19-7-3-5-9-22(19)25(21)31-24(18)26(29)27(2)17-20-8-4-6-10-23(20)28-13-15-30-16-14-28/h3-12H,13-17H2,1-2H3. The third kappa shape index (κ3) is 3.55. The van der Waals surface area contributed by atoms with Crippen LogP contribution < -0.4 is 4.90 Å². The molecule has 1 aromatic heterocycles. The Bertz CT molecular complexity index is 1250. The lowest BCUT2D eigenvalue weighted by atomic mass is 10.1. The van der Waals surface area contributed by atoms with Gasteiger partial charge in [0.1, 0.15) is 5.58 Å². The van der Waals surface area contributed by atoms with Gasteiger partial charge in [-0.2, -0.15) is 0 Å². The molecule has 1 amide bonds. The van der Waals surface area contributed by atoms with Crippen molar-refractivity contribution in [3.8, 4) is 0 Å². The molecule has 0 aliphatic carbocycles. The lowest BCUT2D eigenvalue weighted by Gasteiger charge is -2.31. The monoisotopic (exact) mass is 414 g/mol. The van der Waals surface area contributed by atoms with Gasteiger partial charge >= 0.3 is 0 Å².